The van der Waals surface area contributed by atoms with E-state index in [9.17, 15) is 9.59 Å². The number of carbonyl (C=O) groups is 1. The molecule has 154 valence electrons. The topological polar surface area (TPSA) is 92.1 Å². The number of aryl methyl sites for hydroxylation is 3. The monoisotopic (exact) mass is 432 g/mol. The molecule has 1 N–H and O–H groups in total. The molecule has 4 rings (SSSR count). The van der Waals surface area contributed by atoms with E-state index >= 15 is 0 Å². The molecule has 0 radical (unpaired) electrons. The van der Waals surface area contributed by atoms with Crippen molar-refractivity contribution in [2.45, 2.75) is 51.3 Å². The maximum Gasteiger partial charge on any atom is 0.259 e. The van der Waals surface area contributed by atoms with E-state index in [-0.39, 0.29) is 11.5 Å². The Morgan fingerprint density at radius 3 is 3.00 bits per heavy atom. The molecule has 0 saturated heterocycles. The molecule has 0 saturated carbocycles. The first kappa shape index (κ1) is 20.2. The lowest BCUT2D eigenvalue weighted by molar-refractivity contribution is -0.130. The molecule has 0 unspecified atom stereocenters. The molecule has 1 aliphatic carbocycles. The van der Waals surface area contributed by atoms with Gasteiger partial charge in [-0.25, -0.2) is 4.98 Å². The van der Waals surface area contributed by atoms with Gasteiger partial charge in [0.15, 0.2) is 0 Å². The van der Waals surface area contributed by atoms with Crippen LogP contribution in [0.5, 0.6) is 0 Å². The van der Waals surface area contributed by atoms with Gasteiger partial charge < -0.3 is 14.4 Å². The van der Waals surface area contributed by atoms with Crippen molar-refractivity contribution in [3.05, 3.63) is 44.1 Å². The molecule has 0 fully saturated rings. The summed E-state index contributed by atoms with van der Waals surface area (Å²) in [7, 11) is 1.77. The van der Waals surface area contributed by atoms with Crippen LogP contribution in [0.3, 0.4) is 0 Å². The highest BCUT2D eigenvalue weighted by molar-refractivity contribution is 7.98. The van der Waals surface area contributed by atoms with Crippen LogP contribution in [0.2, 0.25) is 0 Å². The number of aromatic nitrogens is 3. The van der Waals surface area contributed by atoms with Gasteiger partial charge >= 0.3 is 0 Å². The van der Waals surface area contributed by atoms with Crippen LogP contribution >= 0.6 is 23.1 Å². The Hall–Kier alpha value is -2.13. The maximum atomic E-state index is 12.6. The van der Waals surface area contributed by atoms with Crippen molar-refractivity contribution in [2.24, 2.45) is 0 Å². The largest absolute Gasteiger partial charge is 0.361 e. The van der Waals surface area contributed by atoms with Gasteiger partial charge in [-0.3, -0.25) is 9.59 Å². The predicted octanol–water partition coefficient (Wildman–Crippen LogP) is 3.44. The van der Waals surface area contributed by atoms with Crippen LogP contribution in [0.1, 0.15) is 47.0 Å². The van der Waals surface area contributed by atoms with Crippen LogP contribution in [0.15, 0.2) is 15.4 Å². The number of amides is 1. The Balaban J connectivity index is 1.30. The third-order valence-electron chi connectivity index (χ3n) is 5.07. The number of aromatic amines is 1. The van der Waals surface area contributed by atoms with Crippen molar-refractivity contribution < 1.29 is 9.32 Å². The number of H-pyrrole nitrogens is 1. The van der Waals surface area contributed by atoms with Crippen LogP contribution in [0, 0.1) is 6.92 Å². The van der Waals surface area contributed by atoms with E-state index in [1.807, 2.05) is 13.0 Å². The first-order chi connectivity index (χ1) is 14.0. The van der Waals surface area contributed by atoms with Crippen LogP contribution in [-0.2, 0) is 29.9 Å². The number of hydrogen-bond acceptors (Lipinski definition) is 7. The van der Waals surface area contributed by atoms with Crippen LogP contribution in [-0.4, -0.2) is 38.7 Å². The number of fused-ring (bicyclic) bond motifs is 3. The number of hydrogen-bond donors (Lipinski definition) is 1. The molecule has 7 nitrogen and oxygen atoms in total. The van der Waals surface area contributed by atoms with E-state index in [0.29, 0.717) is 30.3 Å². The standard InChI is InChI=1S/C20H24N4O3S2/c1-12-9-13(23-27-12)10-24(2)17(25)7-8-28-11-16-21-19(26)18-14-5-3-4-6-15(14)29-20(18)22-16/h9H,3-8,10-11H2,1-2H3,(H,21,22,26). The zero-order valence-electron chi connectivity index (χ0n) is 16.6. The lowest BCUT2D eigenvalue weighted by Gasteiger charge is -2.15. The first-order valence-corrected chi connectivity index (χ1v) is 11.8. The molecule has 3 heterocycles. The van der Waals surface area contributed by atoms with Gasteiger partial charge in [0.05, 0.1) is 17.7 Å². The molecule has 3 aromatic rings. The second-order valence-electron chi connectivity index (χ2n) is 7.38. The second kappa shape index (κ2) is 8.71. The molecular weight excluding hydrogens is 408 g/mol. The molecule has 0 atom stereocenters. The Kier molecular flexibility index (Phi) is 6.05. The van der Waals surface area contributed by atoms with E-state index in [1.165, 1.54) is 16.9 Å². The fourth-order valence-corrected chi connectivity index (χ4v) is 5.69. The lowest BCUT2D eigenvalue weighted by atomic mass is 9.97. The average Bonchev–Trinajstić information content (AvgIpc) is 3.27. The molecule has 0 bridgehead atoms. The lowest BCUT2D eigenvalue weighted by Crippen LogP contribution is -2.26. The molecular formula is C20H24N4O3S2. The summed E-state index contributed by atoms with van der Waals surface area (Å²) in [6.07, 6.45) is 4.81. The molecule has 0 spiro atoms. The predicted molar refractivity (Wildman–Crippen MR) is 115 cm³/mol. The van der Waals surface area contributed by atoms with Gasteiger partial charge in [0.1, 0.15) is 22.1 Å². The SMILES string of the molecule is Cc1cc(CN(C)C(=O)CCSCc2nc3sc4c(c3c(=O)[nH]2)CCCC4)no1. The van der Waals surface area contributed by atoms with Crippen molar-refractivity contribution in [1.29, 1.82) is 0 Å². The van der Waals surface area contributed by atoms with Crippen molar-refractivity contribution in [3.8, 4) is 0 Å². The van der Waals surface area contributed by atoms with Crippen molar-refractivity contribution in [3.63, 3.8) is 0 Å². The summed E-state index contributed by atoms with van der Waals surface area (Å²) in [4.78, 5) is 36.3. The van der Waals surface area contributed by atoms with Gasteiger partial charge in [0, 0.05) is 30.2 Å². The normalized spacial score (nSPS) is 13.6. The highest BCUT2D eigenvalue weighted by Crippen LogP contribution is 2.33. The summed E-state index contributed by atoms with van der Waals surface area (Å²) in [5, 5.41) is 4.71. The minimum atomic E-state index is -0.0243. The van der Waals surface area contributed by atoms with E-state index in [2.05, 4.69) is 15.1 Å². The van der Waals surface area contributed by atoms with E-state index < -0.39 is 0 Å². The van der Waals surface area contributed by atoms with Gasteiger partial charge in [-0.15, -0.1) is 11.3 Å². The van der Waals surface area contributed by atoms with Crippen LogP contribution in [0.4, 0.5) is 0 Å². The van der Waals surface area contributed by atoms with Crippen LogP contribution < -0.4 is 5.56 Å². The number of carbonyl (C=O) groups excluding carboxylic acids is 1. The second-order valence-corrected chi connectivity index (χ2v) is 9.57. The van der Waals surface area contributed by atoms with Gasteiger partial charge in [0.2, 0.25) is 5.91 Å². The highest BCUT2D eigenvalue weighted by atomic mass is 32.2. The van der Waals surface area contributed by atoms with Crippen molar-refractivity contribution in [1.82, 2.24) is 20.0 Å². The molecule has 29 heavy (non-hydrogen) atoms. The molecule has 9 heteroatoms. The highest BCUT2D eigenvalue weighted by Gasteiger charge is 2.19. The van der Waals surface area contributed by atoms with E-state index in [0.717, 1.165) is 40.9 Å². The summed E-state index contributed by atoms with van der Waals surface area (Å²) < 4.78 is 5.03. The number of thiophene rings is 1. The molecule has 1 amide bonds. The summed E-state index contributed by atoms with van der Waals surface area (Å²) in [6.45, 7) is 2.27. The first-order valence-electron chi connectivity index (χ1n) is 9.78. The van der Waals surface area contributed by atoms with Crippen molar-refractivity contribution in [2.75, 3.05) is 12.8 Å². The molecule has 0 aliphatic heterocycles. The zero-order valence-corrected chi connectivity index (χ0v) is 18.3. The van der Waals surface area contributed by atoms with Crippen molar-refractivity contribution >= 4 is 39.2 Å². The summed E-state index contributed by atoms with van der Waals surface area (Å²) in [5.41, 5.74) is 1.93. The summed E-state index contributed by atoms with van der Waals surface area (Å²) in [5.74, 6) is 2.74. The Labute approximate surface area is 176 Å². The minimum Gasteiger partial charge on any atom is -0.361 e. The van der Waals surface area contributed by atoms with E-state index in [1.54, 1.807) is 35.0 Å². The van der Waals surface area contributed by atoms with Gasteiger partial charge in [-0.2, -0.15) is 11.8 Å². The fourth-order valence-electron chi connectivity index (χ4n) is 3.62. The quantitative estimate of drug-likeness (QED) is 0.575. The molecule has 1 aliphatic rings. The Bertz CT molecular complexity index is 1090. The molecule has 3 aromatic heterocycles. The Morgan fingerprint density at radius 2 is 2.21 bits per heavy atom. The maximum absolute atomic E-state index is 12.6. The summed E-state index contributed by atoms with van der Waals surface area (Å²) in [6, 6.07) is 1.83. The van der Waals surface area contributed by atoms with E-state index in [4.69, 9.17) is 4.52 Å². The summed E-state index contributed by atoms with van der Waals surface area (Å²) >= 11 is 3.27. The Morgan fingerprint density at radius 1 is 1.38 bits per heavy atom. The van der Waals surface area contributed by atoms with Gasteiger partial charge in [-0.05, 0) is 38.2 Å². The number of nitrogens with zero attached hydrogens (tertiary/aromatic N) is 3. The van der Waals surface area contributed by atoms with Gasteiger partial charge in [-0.1, -0.05) is 5.16 Å². The van der Waals surface area contributed by atoms with Gasteiger partial charge in [0.25, 0.3) is 5.56 Å². The number of nitrogens with one attached hydrogen (secondary N) is 1. The molecule has 0 aromatic carbocycles. The third kappa shape index (κ3) is 4.56. The third-order valence-corrected chi connectivity index (χ3v) is 7.23. The zero-order chi connectivity index (χ0) is 20.4. The minimum absolute atomic E-state index is 0.0243. The number of rotatable bonds is 7. The number of thioether (sulfide) groups is 1. The smallest absolute Gasteiger partial charge is 0.259 e. The fraction of sp³-hybridized carbons (Fsp3) is 0.500. The average molecular weight is 433 g/mol. The van der Waals surface area contributed by atoms with Crippen LogP contribution in [0.25, 0.3) is 10.2 Å².